The van der Waals surface area contributed by atoms with Crippen molar-refractivity contribution in [3.05, 3.63) is 53.6 Å². The number of benzene rings is 2. The molecular formula is C20H21NO5. The van der Waals surface area contributed by atoms with Crippen LogP contribution in [0.4, 0.5) is 0 Å². The lowest BCUT2D eigenvalue weighted by atomic mass is 10.0. The van der Waals surface area contributed by atoms with E-state index in [-0.39, 0.29) is 18.6 Å². The number of carbonyl (C=O) groups excluding carboxylic acids is 2. The summed E-state index contributed by atoms with van der Waals surface area (Å²) in [4.78, 5) is 25.0. The van der Waals surface area contributed by atoms with Crippen molar-refractivity contribution in [3.63, 3.8) is 0 Å². The number of rotatable bonds is 5. The highest BCUT2D eigenvalue weighted by Crippen LogP contribution is 2.35. The first-order valence-electron chi connectivity index (χ1n) is 8.43. The third kappa shape index (κ3) is 3.96. The van der Waals surface area contributed by atoms with Gasteiger partial charge in [0.2, 0.25) is 6.79 Å². The molecule has 1 aliphatic heterocycles. The van der Waals surface area contributed by atoms with Crippen LogP contribution in [0.3, 0.4) is 0 Å². The Bertz CT molecular complexity index is 831. The van der Waals surface area contributed by atoms with Crippen molar-refractivity contribution in [3.8, 4) is 17.2 Å². The Labute approximate surface area is 152 Å². The highest BCUT2D eigenvalue weighted by atomic mass is 16.7. The zero-order chi connectivity index (χ0) is 18.7. The van der Waals surface area contributed by atoms with Crippen molar-refractivity contribution in [1.29, 1.82) is 0 Å². The number of hydrogen-bond acceptors (Lipinski definition) is 5. The summed E-state index contributed by atoms with van der Waals surface area (Å²) in [6, 6.07) is 11.3. The highest BCUT2D eigenvalue weighted by molar-refractivity contribution is 5.97. The zero-order valence-electron chi connectivity index (χ0n) is 14.9. The Morgan fingerprint density at radius 3 is 2.58 bits per heavy atom. The van der Waals surface area contributed by atoms with Gasteiger partial charge in [0.1, 0.15) is 11.8 Å². The molecule has 0 spiro atoms. The molecule has 26 heavy (non-hydrogen) atoms. The summed E-state index contributed by atoms with van der Waals surface area (Å²) in [5.74, 6) is 0.507. The summed E-state index contributed by atoms with van der Waals surface area (Å²) in [7, 11) is 0. The molecule has 6 nitrogen and oxygen atoms in total. The van der Waals surface area contributed by atoms with Gasteiger partial charge in [0, 0.05) is 11.6 Å². The summed E-state index contributed by atoms with van der Waals surface area (Å²) < 4.78 is 15.9. The maximum Gasteiger partial charge on any atom is 0.334 e. The zero-order valence-corrected chi connectivity index (χ0v) is 14.9. The minimum absolute atomic E-state index is 0.134. The molecule has 0 fully saturated rings. The Morgan fingerprint density at radius 2 is 1.85 bits per heavy atom. The molecule has 2 aromatic rings. The molecule has 1 N–H and O–H groups in total. The standard InChI is InChI=1S/C20H21NO5/c1-12(2)18(21-19(22)14-6-4-5-13(3)9-14)20(23)26-15-7-8-16-17(10-15)25-11-24-16/h4-10,12,18H,11H2,1-3H3,(H,21,22)/t18-/m0/s1. The minimum atomic E-state index is -0.770. The van der Waals surface area contributed by atoms with Crippen molar-refractivity contribution < 1.29 is 23.8 Å². The van der Waals surface area contributed by atoms with Crippen LogP contribution in [0.1, 0.15) is 29.8 Å². The number of amides is 1. The lowest BCUT2D eigenvalue weighted by Crippen LogP contribution is -2.46. The fourth-order valence-electron chi connectivity index (χ4n) is 2.63. The van der Waals surface area contributed by atoms with Crippen LogP contribution in [0.5, 0.6) is 17.2 Å². The fourth-order valence-corrected chi connectivity index (χ4v) is 2.63. The van der Waals surface area contributed by atoms with Gasteiger partial charge >= 0.3 is 5.97 Å². The molecule has 1 atom stereocenters. The molecular weight excluding hydrogens is 334 g/mol. The van der Waals surface area contributed by atoms with E-state index in [9.17, 15) is 9.59 Å². The van der Waals surface area contributed by atoms with Gasteiger partial charge in [0.15, 0.2) is 11.5 Å². The number of ether oxygens (including phenoxy) is 3. The van der Waals surface area contributed by atoms with E-state index in [2.05, 4.69) is 5.32 Å². The Hall–Kier alpha value is -3.02. The van der Waals surface area contributed by atoms with Gasteiger partial charge in [0.05, 0.1) is 0 Å². The molecule has 3 rings (SSSR count). The quantitative estimate of drug-likeness (QED) is 0.659. The van der Waals surface area contributed by atoms with Gasteiger partial charge in [-0.15, -0.1) is 0 Å². The normalized spacial score (nSPS) is 13.4. The van der Waals surface area contributed by atoms with Crippen LogP contribution in [0.15, 0.2) is 42.5 Å². The number of carbonyl (C=O) groups is 2. The van der Waals surface area contributed by atoms with E-state index in [4.69, 9.17) is 14.2 Å². The largest absolute Gasteiger partial charge is 0.454 e. The predicted molar refractivity (Wildman–Crippen MR) is 95.5 cm³/mol. The van der Waals surface area contributed by atoms with Gasteiger partial charge < -0.3 is 19.5 Å². The van der Waals surface area contributed by atoms with Crippen LogP contribution >= 0.6 is 0 Å². The Morgan fingerprint density at radius 1 is 1.08 bits per heavy atom. The Balaban J connectivity index is 1.71. The minimum Gasteiger partial charge on any atom is -0.454 e. The molecule has 0 radical (unpaired) electrons. The van der Waals surface area contributed by atoms with Crippen LogP contribution in [-0.4, -0.2) is 24.7 Å². The third-order valence-electron chi connectivity index (χ3n) is 4.05. The van der Waals surface area contributed by atoms with E-state index in [0.29, 0.717) is 22.8 Å². The monoisotopic (exact) mass is 355 g/mol. The van der Waals surface area contributed by atoms with Gasteiger partial charge in [-0.05, 0) is 37.1 Å². The molecule has 1 aliphatic rings. The first-order valence-corrected chi connectivity index (χ1v) is 8.43. The first kappa shape index (κ1) is 17.8. The van der Waals surface area contributed by atoms with E-state index >= 15 is 0 Å². The lowest BCUT2D eigenvalue weighted by Gasteiger charge is -2.21. The summed E-state index contributed by atoms with van der Waals surface area (Å²) in [6.07, 6.45) is 0. The van der Waals surface area contributed by atoms with Crippen LogP contribution < -0.4 is 19.5 Å². The Kier molecular flexibility index (Phi) is 5.11. The number of nitrogens with one attached hydrogen (secondary N) is 1. The van der Waals surface area contributed by atoms with Gasteiger partial charge in [0.25, 0.3) is 5.91 Å². The molecule has 6 heteroatoms. The van der Waals surface area contributed by atoms with Crippen LogP contribution in [-0.2, 0) is 4.79 Å². The van der Waals surface area contributed by atoms with Gasteiger partial charge in [-0.3, -0.25) is 4.79 Å². The number of esters is 1. The summed E-state index contributed by atoms with van der Waals surface area (Å²) in [5.41, 5.74) is 1.48. The molecule has 2 aromatic carbocycles. The third-order valence-corrected chi connectivity index (χ3v) is 4.05. The summed E-state index contributed by atoms with van der Waals surface area (Å²) >= 11 is 0. The molecule has 0 unspecified atom stereocenters. The fraction of sp³-hybridized carbons (Fsp3) is 0.300. The van der Waals surface area contributed by atoms with E-state index in [1.54, 1.807) is 36.4 Å². The second-order valence-electron chi connectivity index (χ2n) is 6.50. The topological polar surface area (TPSA) is 73.9 Å². The van der Waals surface area contributed by atoms with Gasteiger partial charge in [-0.2, -0.15) is 0 Å². The molecule has 0 saturated carbocycles. The summed E-state index contributed by atoms with van der Waals surface area (Å²) in [6.45, 7) is 5.75. The number of fused-ring (bicyclic) bond motifs is 1. The first-order chi connectivity index (χ1) is 12.4. The molecule has 0 bridgehead atoms. The average Bonchev–Trinajstić information content (AvgIpc) is 3.06. The molecule has 136 valence electrons. The maximum absolute atomic E-state index is 12.6. The SMILES string of the molecule is Cc1cccc(C(=O)N[C@H](C(=O)Oc2ccc3c(c2)OCO3)C(C)C)c1. The van der Waals surface area contributed by atoms with Gasteiger partial charge in [-0.25, -0.2) is 4.79 Å². The van der Waals surface area contributed by atoms with Crippen molar-refractivity contribution in [1.82, 2.24) is 5.32 Å². The average molecular weight is 355 g/mol. The van der Waals surface area contributed by atoms with Crippen molar-refractivity contribution in [2.75, 3.05) is 6.79 Å². The highest BCUT2D eigenvalue weighted by Gasteiger charge is 2.27. The maximum atomic E-state index is 12.6. The van der Waals surface area contributed by atoms with Crippen LogP contribution in [0, 0.1) is 12.8 Å². The predicted octanol–water partition coefficient (Wildman–Crippen LogP) is 3.08. The van der Waals surface area contributed by atoms with Crippen molar-refractivity contribution in [2.24, 2.45) is 5.92 Å². The van der Waals surface area contributed by atoms with E-state index in [0.717, 1.165) is 5.56 Å². The second kappa shape index (κ2) is 7.47. The molecule has 0 aliphatic carbocycles. The molecule has 1 heterocycles. The van der Waals surface area contributed by atoms with Crippen LogP contribution in [0.25, 0.3) is 0 Å². The van der Waals surface area contributed by atoms with E-state index < -0.39 is 12.0 Å². The van der Waals surface area contributed by atoms with Crippen molar-refractivity contribution >= 4 is 11.9 Å². The second-order valence-corrected chi connectivity index (χ2v) is 6.50. The van der Waals surface area contributed by atoms with E-state index in [1.807, 2.05) is 26.8 Å². The molecule has 0 saturated heterocycles. The number of hydrogen-bond donors (Lipinski definition) is 1. The van der Waals surface area contributed by atoms with Crippen molar-refractivity contribution in [2.45, 2.75) is 26.8 Å². The summed E-state index contributed by atoms with van der Waals surface area (Å²) in [5, 5.41) is 2.76. The molecule has 1 amide bonds. The van der Waals surface area contributed by atoms with Gasteiger partial charge in [-0.1, -0.05) is 31.5 Å². The van der Waals surface area contributed by atoms with E-state index in [1.165, 1.54) is 0 Å². The number of aryl methyl sites for hydroxylation is 1. The van der Waals surface area contributed by atoms with Crippen LogP contribution in [0.2, 0.25) is 0 Å². The molecule has 0 aromatic heterocycles. The lowest BCUT2D eigenvalue weighted by molar-refractivity contribution is -0.137. The smallest absolute Gasteiger partial charge is 0.334 e.